The van der Waals surface area contributed by atoms with E-state index in [1.54, 1.807) is 12.1 Å². The third kappa shape index (κ3) is 5.12. The Morgan fingerprint density at radius 3 is 2.15 bits per heavy atom. The first kappa shape index (κ1) is 21.0. The van der Waals surface area contributed by atoms with Gasteiger partial charge in [-0.05, 0) is 42.0 Å². The van der Waals surface area contributed by atoms with Crippen LogP contribution in [-0.4, -0.2) is 34.3 Å². The minimum absolute atomic E-state index is 0.338. The van der Waals surface area contributed by atoms with Crippen molar-refractivity contribution < 1.29 is 36.2 Å². The van der Waals surface area contributed by atoms with E-state index < -0.39 is 27.9 Å². The number of halogens is 3. The number of benzene rings is 2. The van der Waals surface area contributed by atoms with E-state index in [1.165, 1.54) is 20.3 Å². The summed E-state index contributed by atoms with van der Waals surface area (Å²) in [5.41, 5.74) is -0.574. The summed E-state index contributed by atoms with van der Waals surface area (Å²) in [6.07, 6.45) is -5.76. The molecule has 0 aliphatic heterocycles. The van der Waals surface area contributed by atoms with E-state index in [0.717, 1.165) is 12.1 Å². The van der Waals surface area contributed by atoms with Crippen LogP contribution in [-0.2, 0) is 16.2 Å². The SMILES string of the molecule is COc1ccc([C@@H](O)CNS(=O)(=O)c2ccc(C(F)(F)F)cc2)cc1OC. The first-order valence-electron chi connectivity index (χ1n) is 7.65. The maximum atomic E-state index is 12.6. The maximum Gasteiger partial charge on any atom is 0.416 e. The lowest BCUT2D eigenvalue weighted by Crippen LogP contribution is -2.28. The quantitative estimate of drug-likeness (QED) is 0.740. The number of hydrogen-bond acceptors (Lipinski definition) is 5. The van der Waals surface area contributed by atoms with Crippen LogP contribution in [0.1, 0.15) is 17.2 Å². The van der Waals surface area contributed by atoms with E-state index in [-0.39, 0.29) is 11.4 Å². The summed E-state index contributed by atoms with van der Waals surface area (Å²) in [6, 6.07) is 7.66. The van der Waals surface area contributed by atoms with Crippen molar-refractivity contribution in [1.29, 1.82) is 0 Å². The first-order chi connectivity index (χ1) is 12.6. The highest BCUT2D eigenvalue weighted by molar-refractivity contribution is 7.89. The van der Waals surface area contributed by atoms with Gasteiger partial charge in [-0.3, -0.25) is 0 Å². The monoisotopic (exact) mass is 405 g/mol. The maximum absolute atomic E-state index is 12.6. The zero-order chi connectivity index (χ0) is 20.2. The number of alkyl halides is 3. The van der Waals surface area contributed by atoms with Crippen LogP contribution >= 0.6 is 0 Å². The molecule has 2 N–H and O–H groups in total. The van der Waals surface area contributed by atoms with Crippen LogP contribution in [0, 0.1) is 0 Å². The molecular weight excluding hydrogens is 387 g/mol. The Labute approximate surface area is 154 Å². The number of hydrogen-bond donors (Lipinski definition) is 2. The smallest absolute Gasteiger partial charge is 0.416 e. The van der Waals surface area contributed by atoms with Gasteiger partial charge in [0.05, 0.1) is 30.8 Å². The Balaban J connectivity index is 2.10. The summed E-state index contributed by atoms with van der Waals surface area (Å²) in [7, 11) is -1.22. The minimum Gasteiger partial charge on any atom is -0.493 e. The van der Waals surface area contributed by atoms with E-state index in [0.29, 0.717) is 29.2 Å². The van der Waals surface area contributed by atoms with E-state index in [2.05, 4.69) is 4.72 Å². The van der Waals surface area contributed by atoms with Gasteiger partial charge >= 0.3 is 6.18 Å². The number of rotatable bonds is 7. The number of aliphatic hydroxyl groups excluding tert-OH is 1. The standard InChI is InChI=1S/C17H18F3NO5S/c1-25-15-8-3-11(9-16(15)26-2)14(22)10-21-27(23,24)13-6-4-12(5-7-13)17(18,19)20/h3-9,14,21-22H,10H2,1-2H3/t14-/m0/s1. The summed E-state index contributed by atoms with van der Waals surface area (Å²) in [6.45, 7) is -0.376. The average Bonchev–Trinajstić information content (AvgIpc) is 2.65. The van der Waals surface area contributed by atoms with E-state index in [4.69, 9.17) is 9.47 Å². The average molecular weight is 405 g/mol. The predicted molar refractivity (Wildman–Crippen MR) is 91.1 cm³/mol. The van der Waals surface area contributed by atoms with Crippen LogP contribution < -0.4 is 14.2 Å². The molecule has 6 nitrogen and oxygen atoms in total. The van der Waals surface area contributed by atoms with Gasteiger partial charge in [-0.1, -0.05) is 6.07 Å². The van der Waals surface area contributed by atoms with Gasteiger partial charge in [0.1, 0.15) is 0 Å². The van der Waals surface area contributed by atoms with Gasteiger partial charge in [-0.15, -0.1) is 0 Å². The molecule has 0 unspecified atom stereocenters. The van der Waals surface area contributed by atoms with Crippen LogP contribution in [0.4, 0.5) is 13.2 Å². The third-order valence-corrected chi connectivity index (χ3v) is 5.19. The molecule has 10 heteroatoms. The molecule has 0 aliphatic carbocycles. The van der Waals surface area contributed by atoms with Crippen molar-refractivity contribution in [3.8, 4) is 11.5 Å². The number of ether oxygens (including phenoxy) is 2. The molecule has 27 heavy (non-hydrogen) atoms. The van der Waals surface area contributed by atoms with E-state index in [9.17, 15) is 26.7 Å². The predicted octanol–water partition coefficient (Wildman–Crippen LogP) is 2.73. The van der Waals surface area contributed by atoms with Crippen LogP contribution in [0.25, 0.3) is 0 Å². The highest BCUT2D eigenvalue weighted by Crippen LogP contribution is 2.31. The van der Waals surface area contributed by atoms with Crippen LogP contribution in [0.2, 0.25) is 0 Å². The molecule has 1 atom stereocenters. The zero-order valence-corrected chi connectivity index (χ0v) is 15.3. The molecule has 148 valence electrons. The Morgan fingerprint density at radius 2 is 1.63 bits per heavy atom. The van der Waals surface area contributed by atoms with Crippen molar-refractivity contribution in [3.05, 3.63) is 53.6 Å². The largest absolute Gasteiger partial charge is 0.493 e. The lowest BCUT2D eigenvalue weighted by Gasteiger charge is -2.15. The van der Waals surface area contributed by atoms with E-state index >= 15 is 0 Å². The van der Waals surface area contributed by atoms with Crippen molar-refractivity contribution in [2.75, 3.05) is 20.8 Å². The Kier molecular flexibility index (Phi) is 6.34. The third-order valence-electron chi connectivity index (χ3n) is 3.75. The lowest BCUT2D eigenvalue weighted by atomic mass is 10.1. The van der Waals surface area contributed by atoms with Gasteiger partial charge in [-0.2, -0.15) is 13.2 Å². The van der Waals surface area contributed by atoms with Crippen LogP contribution in [0.15, 0.2) is 47.4 Å². The summed E-state index contributed by atoms with van der Waals surface area (Å²) in [4.78, 5) is -0.338. The summed E-state index contributed by atoms with van der Waals surface area (Å²) in [5.74, 6) is 0.804. The van der Waals surface area contributed by atoms with Crippen LogP contribution in [0.3, 0.4) is 0 Å². The van der Waals surface area contributed by atoms with Crippen molar-refractivity contribution >= 4 is 10.0 Å². The Hall–Kier alpha value is -2.30. The number of nitrogens with one attached hydrogen (secondary N) is 1. The zero-order valence-electron chi connectivity index (χ0n) is 14.4. The molecule has 2 rings (SSSR count). The molecule has 0 fully saturated rings. The normalized spacial score (nSPS) is 13.3. The highest BCUT2D eigenvalue weighted by atomic mass is 32.2. The fourth-order valence-corrected chi connectivity index (χ4v) is 3.31. The molecular formula is C17H18F3NO5S. The van der Waals surface area contributed by atoms with Gasteiger partial charge < -0.3 is 14.6 Å². The number of sulfonamides is 1. The summed E-state index contributed by atoms with van der Waals surface area (Å²) < 4.78 is 74.4. The molecule has 0 amide bonds. The molecule has 0 spiro atoms. The minimum atomic E-state index is -4.56. The number of methoxy groups -OCH3 is 2. The molecule has 0 saturated heterocycles. The summed E-state index contributed by atoms with van der Waals surface area (Å²) in [5, 5.41) is 10.2. The second kappa shape index (κ2) is 8.15. The molecule has 0 saturated carbocycles. The van der Waals surface area contributed by atoms with Crippen molar-refractivity contribution in [3.63, 3.8) is 0 Å². The van der Waals surface area contributed by atoms with Crippen molar-refractivity contribution in [2.45, 2.75) is 17.2 Å². The second-order valence-corrected chi connectivity index (χ2v) is 7.27. The highest BCUT2D eigenvalue weighted by Gasteiger charge is 2.30. The molecule has 0 aliphatic rings. The van der Waals surface area contributed by atoms with E-state index in [1.807, 2.05) is 0 Å². The van der Waals surface area contributed by atoms with Gasteiger partial charge in [-0.25, -0.2) is 13.1 Å². The van der Waals surface area contributed by atoms with Gasteiger partial charge in [0.25, 0.3) is 0 Å². The summed E-state index contributed by atoms with van der Waals surface area (Å²) >= 11 is 0. The fourth-order valence-electron chi connectivity index (χ4n) is 2.27. The Bertz CT molecular complexity index is 882. The van der Waals surface area contributed by atoms with Gasteiger partial charge in [0.2, 0.25) is 10.0 Å². The van der Waals surface area contributed by atoms with Gasteiger partial charge in [0.15, 0.2) is 11.5 Å². The molecule has 0 bridgehead atoms. The topological polar surface area (TPSA) is 84.9 Å². The van der Waals surface area contributed by atoms with Crippen molar-refractivity contribution in [1.82, 2.24) is 4.72 Å². The lowest BCUT2D eigenvalue weighted by molar-refractivity contribution is -0.137. The van der Waals surface area contributed by atoms with Crippen molar-refractivity contribution in [2.24, 2.45) is 0 Å². The molecule has 2 aromatic rings. The number of aliphatic hydroxyl groups is 1. The van der Waals surface area contributed by atoms with Crippen LogP contribution in [0.5, 0.6) is 11.5 Å². The Morgan fingerprint density at radius 1 is 1.04 bits per heavy atom. The fraction of sp³-hybridized carbons (Fsp3) is 0.294. The molecule has 2 aromatic carbocycles. The molecule has 0 radical (unpaired) electrons. The molecule has 0 aromatic heterocycles. The first-order valence-corrected chi connectivity index (χ1v) is 9.13. The molecule has 0 heterocycles. The second-order valence-electron chi connectivity index (χ2n) is 5.50. The van der Waals surface area contributed by atoms with Gasteiger partial charge in [0, 0.05) is 6.54 Å².